The monoisotopic (exact) mass is 390 g/mol. The van der Waals surface area contributed by atoms with E-state index in [1.807, 2.05) is 6.92 Å². The highest BCUT2D eigenvalue weighted by molar-refractivity contribution is 5.77. The van der Waals surface area contributed by atoms with Crippen molar-refractivity contribution in [2.45, 2.75) is 98.7 Å². The molecule has 2 fully saturated rings. The van der Waals surface area contributed by atoms with Crippen molar-refractivity contribution in [2.24, 2.45) is 40.9 Å². The molecule has 1 N–H and O–H groups in total. The standard InChI is InChI=1S/C25H42O3/c1-15(2)10-25(8,16(3)4)22(26)28-24(7)13-19-17(5)9-18-11-23(6,27)12-21(19)20(18)14-24/h14-19,21,27H,9-13H2,1-8H3. The quantitative estimate of drug-likeness (QED) is 0.479. The number of aliphatic hydroxyl groups is 1. The van der Waals surface area contributed by atoms with Crippen LogP contribution in [0.3, 0.4) is 0 Å². The maximum Gasteiger partial charge on any atom is 0.312 e. The third-order valence-corrected chi connectivity index (χ3v) is 8.16. The minimum Gasteiger partial charge on any atom is -0.455 e. The van der Waals surface area contributed by atoms with Crippen LogP contribution in [0, 0.1) is 40.9 Å². The molecular formula is C25H42O3. The lowest BCUT2D eigenvalue weighted by Crippen LogP contribution is -2.53. The Labute approximate surface area is 172 Å². The second kappa shape index (κ2) is 7.15. The molecule has 28 heavy (non-hydrogen) atoms. The molecule has 3 heteroatoms. The molecule has 3 aliphatic rings. The van der Waals surface area contributed by atoms with Gasteiger partial charge in [0.15, 0.2) is 0 Å². The van der Waals surface area contributed by atoms with Crippen molar-refractivity contribution >= 4 is 5.97 Å². The Kier molecular flexibility index (Phi) is 5.58. The van der Waals surface area contributed by atoms with E-state index in [4.69, 9.17) is 4.74 Å². The van der Waals surface area contributed by atoms with Gasteiger partial charge in [0, 0.05) is 0 Å². The third-order valence-electron chi connectivity index (χ3n) is 8.16. The molecule has 160 valence electrons. The lowest BCUT2D eigenvalue weighted by Gasteiger charge is -2.56. The topological polar surface area (TPSA) is 46.5 Å². The Morgan fingerprint density at radius 2 is 1.89 bits per heavy atom. The van der Waals surface area contributed by atoms with Gasteiger partial charge < -0.3 is 9.84 Å². The largest absolute Gasteiger partial charge is 0.455 e. The van der Waals surface area contributed by atoms with Crippen molar-refractivity contribution in [1.29, 1.82) is 0 Å². The number of hydrogen-bond acceptors (Lipinski definition) is 3. The number of ether oxygens (including phenoxy) is 1. The molecule has 0 amide bonds. The molecule has 0 aromatic heterocycles. The van der Waals surface area contributed by atoms with Gasteiger partial charge in [0.05, 0.1) is 11.0 Å². The average Bonchev–Trinajstić information content (AvgIpc) is 2.51. The molecule has 0 heterocycles. The molecule has 4 bridgehead atoms. The summed E-state index contributed by atoms with van der Waals surface area (Å²) in [6.45, 7) is 17.2. The van der Waals surface area contributed by atoms with Crippen LogP contribution < -0.4 is 0 Å². The van der Waals surface area contributed by atoms with E-state index in [0.717, 1.165) is 32.1 Å². The SMILES string of the molecule is CC(C)CC(C)(C(=O)OC1(C)C=C2C3CC(C)C(C1)C2CC(C)(O)C3)C(C)C. The van der Waals surface area contributed by atoms with E-state index in [0.29, 0.717) is 29.6 Å². The molecule has 0 aliphatic heterocycles. The van der Waals surface area contributed by atoms with Gasteiger partial charge >= 0.3 is 5.97 Å². The van der Waals surface area contributed by atoms with Crippen LogP contribution in [0.15, 0.2) is 11.6 Å². The smallest absolute Gasteiger partial charge is 0.312 e. The predicted molar refractivity (Wildman–Crippen MR) is 114 cm³/mol. The molecule has 7 unspecified atom stereocenters. The normalized spacial score (nSPS) is 42.2. The van der Waals surface area contributed by atoms with Crippen LogP contribution in [0.1, 0.15) is 87.5 Å². The summed E-state index contributed by atoms with van der Waals surface area (Å²) in [5.41, 5.74) is -0.0565. The summed E-state index contributed by atoms with van der Waals surface area (Å²) >= 11 is 0. The molecule has 3 rings (SSSR count). The zero-order valence-corrected chi connectivity index (χ0v) is 19.3. The molecule has 0 aromatic carbocycles. The predicted octanol–water partition coefficient (Wildman–Crippen LogP) is 5.76. The van der Waals surface area contributed by atoms with Gasteiger partial charge in [-0.15, -0.1) is 0 Å². The summed E-state index contributed by atoms with van der Waals surface area (Å²) < 4.78 is 6.33. The van der Waals surface area contributed by atoms with Gasteiger partial charge in [-0.25, -0.2) is 0 Å². The van der Waals surface area contributed by atoms with Crippen LogP contribution in [0.4, 0.5) is 0 Å². The molecule has 3 nitrogen and oxygen atoms in total. The Balaban J connectivity index is 1.88. The maximum atomic E-state index is 13.4. The molecule has 3 aliphatic carbocycles. The second-order valence-corrected chi connectivity index (χ2v) is 11.8. The van der Waals surface area contributed by atoms with Crippen LogP contribution in [0.5, 0.6) is 0 Å². The number of rotatable bonds is 5. The Morgan fingerprint density at radius 3 is 2.46 bits per heavy atom. The van der Waals surface area contributed by atoms with Crippen molar-refractivity contribution in [2.75, 3.05) is 0 Å². The van der Waals surface area contributed by atoms with Crippen LogP contribution in [0.2, 0.25) is 0 Å². The van der Waals surface area contributed by atoms with Crippen molar-refractivity contribution in [3.63, 3.8) is 0 Å². The first-order valence-electron chi connectivity index (χ1n) is 11.4. The molecule has 0 spiro atoms. The van der Waals surface area contributed by atoms with Gasteiger partial charge in [-0.1, -0.05) is 40.2 Å². The van der Waals surface area contributed by atoms with Crippen molar-refractivity contribution < 1.29 is 14.6 Å². The van der Waals surface area contributed by atoms with Crippen molar-refractivity contribution in [1.82, 2.24) is 0 Å². The lowest BCUT2D eigenvalue weighted by atomic mass is 9.52. The lowest BCUT2D eigenvalue weighted by molar-refractivity contribution is -0.174. The van der Waals surface area contributed by atoms with Gasteiger partial charge in [-0.05, 0) is 94.5 Å². The number of esters is 1. The van der Waals surface area contributed by atoms with Crippen molar-refractivity contribution in [3.05, 3.63) is 11.6 Å². The fraction of sp³-hybridized carbons (Fsp3) is 0.880. The molecule has 0 aromatic rings. The minimum absolute atomic E-state index is 0.0414. The van der Waals surface area contributed by atoms with Crippen LogP contribution in [-0.2, 0) is 9.53 Å². The fourth-order valence-electron chi connectivity index (χ4n) is 6.51. The van der Waals surface area contributed by atoms with E-state index in [-0.39, 0.29) is 11.9 Å². The summed E-state index contributed by atoms with van der Waals surface area (Å²) in [4.78, 5) is 13.4. The third kappa shape index (κ3) is 3.93. The van der Waals surface area contributed by atoms with E-state index in [1.165, 1.54) is 5.57 Å². The van der Waals surface area contributed by atoms with E-state index in [9.17, 15) is 9.90 Å². The first-order chi connectivity index (χ1) is 12.8. The van der Waals surface area contributed by atoms with E-state index < -0.39 is 16.6 Å². The highest BCUT2D eigenvalue weighted by Crippen LogP contribution is 2.58. The van der Waals surface area contributed by atoms with Crippen LogP contribution >= 0.6 is 0 Å². The summed E-state index contributed by atoms with van der Waals surface area (Å²) in [6, 6.07) is 0. The van der Waals surface area contributed by atoms with Crippen LogP contribution in [0.25, 0.3) is 0 Å². The molecule has 7 atom stereocenters. The number of hydrogen-bond donors (Lipinski definition) is 1. The van der Waals surface area contributed by atoms with E-state index >= 15 is 0 Å². The zero-order valence-electron chi connectivity index (χ0n) is 19.3. The van der Waals surface area contributed by atoms with Gasteiger partial charge in [-0.3, -0.25) is 4.79 Å². The number of carbonyl (C=O) groups excluding carboxylic acids is 1. The van der Waals surface area contributed by atoms with Gasteiger partial charge in [0.25, 0.3) is 0 Å². The fourth-order valence-corrected chi connectivity index (χ4v) is 6.51. The summed E-state index contributed by atoms with van der Waals surface area (Å²) in [5, 5.41) is 10.7. The van der Waals surface area contributed by atoms with E-state index in [2.05, 4.69) is 54.5 Å². The summed E-state index contributed by atoms with van der Waals surface area (Å²) in [7, 11) is 0. The number of allylic oxidation sites excluding steroid dienone is 1. The van der Waals surface area contributed by atoms with Crippen molar-refractivity contribution in [3.8, 4) is 0 Å². The zero-order chi connectivity index (χ0) is 21.1. The summed E-state index contributed by atoms with van der Waals surface area (Å²) in [5.74, 6) is 2.67. The van der Waals surface area contributed by atoms with Gasteiger partial charge in [0.1, 0.15) is 5.60 Å². The second-order valence-electron chi connectivity index (χ2n) is 11.8. The minimum atomic E-state index is -0.553. The highest BCUT2D eigenvalue weighted by Gasteiger charge is 2.54. The Bertz CT molecular complexity index is 646. The molecule has 0 radical (unpaired) electrons. The Hall–Kier alpha value is -0.830. The number of carbonyl (C=O) groups is 1. The maximum absolute atomic E-state index is 13.4. The molecule has 0 saturated heterocycles. The van der Waals surface area contributed by atoms with Crippen LogP contribution in [-0.4, -0.2) is 22.3 Å². The molecular weight excluding hydrogens is 348 g/mol. The first kappa shape index (κ1) is 21.9. The Morgan fingerprint density at radius 1 is 1.25 bits per heavy atom. The average molecular weight is 391 g/mol. The van der Waals surface area contributed by atoms with E-state index in [1.54, 1.807) is 0 Å². The molecule has 2 saturated carbocycles. The highest BCUT2D eigenvalue weighted by atomic mass is 16.6. The van der Waals surface area contributed by atoms with Gasteiger partial charge in [0.2, 0.25) is 0 Å². The first-order valence-corrected chi connectivity index (χ1v) is 11.4. The van der Waals surface area contributed by atoms with Gasteiger partial charge in [-0.2, -0.15) is 0 Å². The summed E-state index contributed by atoms with van der Waals surface area (Å²) in [6.07, 6.45) is 6.87.